The second-order valence-electron chi connectivity index (χ2n) is 6.37. The molecule has 0 aliphatic carbocycles. The topological polar surface area (TPSA) is 78.6 Å². The van der Waals surface area contributed by atoms with Gasteiger partial charge in [-0.3, -0.25) is 0 Å². The molecule has 2 aliphatic rings. The summed E-state index contributed by atoms with van der Waals surface area (Å²) in [5.41, 5.74) is 5.05. The number of urea groups is 1. The third-order valence-corrected chi connectivity index (χ3v) is 4.53. The first-order valence-corrected chi connectivity index (χ1v) is 8.28. The molecule has 2 fully saturated rings. The summed E-state index contributed by atoms with van der Waals surface area (Å²) in [5.74, 6) is 0.250. The quantitative estimate of drug-likeness (QED) is 0.815. The van der Waals surface area contributed by atoms with Crippen LogP contribution in [0.25, 0.3) is 0 Å². The summed E-state index contributed by atoms with van der Waals surface area (Å²) in [4.78, 5) is 25.4. The first-order chi connectivity index (χ1) is 11.8. The van der Waals surface area contributed by atoms with Gasteiger partial charge in [0, 0.05) is 57.7 Å². The summed E-state index contributed by atoms with van der Waals surface area (Å²) in [6, 6.07) is 0.00248. The normalized spacial score (nSPS) is 22.2. The van der Waals surface area contributed by atoms with Crippen LogP contribution in [0.5, 0.6) is 0 Å². The van der Waals surface area contributed by atoms with Crippen LogP contribution in [0.2, 0.25) is 0 Å². The maximum atomic E-state index is 12.6. The van der Waals surface area contributed by atoms with Gasteiger partial charge in [0.2, 0.25) is 5.95 Å². The zero-order chi connectivity index (χ0) is 18.0. The molecule has 138 valence electrons. The van der Waals surface area contributed by atoms with E-state index in [9.17, 15) is 18.0 Å². The van der Waals surface area contributed by atoms with Crippen molar-refractivity contribution in [1.29, 1.82) is 0 Å². The summed E-state index contributed by atoms with van der Waals surface area (Å²) in [6.07, 6.45) is -1.03. The monoisotopic (exact) mass is 358 g/mol. The minimum atomic E-state index is -4.45. The van der Waals surface area contributed by atoms with Gasteiger partial charge >= 0.3 is 12.2 Å². The molecule has 2 N–H and O–H groups in total. The summed E-state index contributed by atoms with van der Waals surface area (Å²) in [5, 5.41) is 0. The molecule has 0 radical (unpaired) electrons. The third kappa shape index (κ3) is 4.12. The number of likely N-dealkylation sites (tertiary alicyclic amines) is 1. The summed E-state index contributed by atoms with van der Waals surface area (Å²) < 4.78 is 37.7. The highest BCUT2D eigenvalue weighted by Crippen LogP contribution is 2.28. The van der Waals surface area contributed by atoms with Gasteiger partial charge in [-0.2, -0.15) is 13.2 Å². The molecule has 2 saturated heterocycles. The highest BCUT2D eigenvalue weighted by atomic mass is 19.4. The maximum absolute atomic E-state index is 12.6. The Balaban J connectivity index is 1.55. The smallest absolute Gasteiger partial charge is 0.337 e. The van der Waals surface area contributed by atoms with Gasteiger partial charge < -0.3 is 20.4 Å². The molecule has 1 aromatic rings. The molecule has 0 saturated carbocycles. The number of hydrogen-bond donors (Lipinski definition) is 1. The van der Waals surface area contributed by atoms with E-state index in [0.717, 1.165) is 31.8 Å². The van der Waals surface area contributed by atoms with Gasteiger partial charge in [-0.25, -0.2) is 14.8 Å². The van der Waals surface area contributed by atoms with E-state index >= 15 is 0 Å². The third-order valence-electron chi connectivity index (χ3n) is 4.53. The zero-order valence-electron chi connectivity index (χ0n) is 13.7. The Kier molecular flexibility index (Phi) is 4.98. The molecule has 10 heteroatoms. The molecule has 1 unspecified atom stereocenters. The fraction of sp³-hybridized carbons (Fsp3) is 0.667. The van der Waals surface area contributed by atoms with Crippen LogP contribution in [-0.4, -0.2) is 71.1 Å². The number of anilines is 1. The van der Waals surface area contributed by atoms with Crippen LogP contribution in [0.15, 0.2) is 12.4 Å². The lowest BCUT2D eigenvalue weighted by molar-refractivity contribution is -0.138. The van der Waals surface area contributed by atoms with Crippen LogP contribution < -0.4 is 10.6 Å². The van der Waals surface area contributed by atoms with Crippen molar-refractivity contribution in [2.24, 2.45) is 5.73 Å². The number of piperidine rings is 1. The highest BCUT2D eigenvalue weighted by molar-refractivity contribution is 5.75. The largest absolute Gasteiger partial charge is 0.419 e. The minimum absolute atomic E-state index is 0.0249. The van der Waals surface area contributed by atoms with E-state index in [1.54, 1.807) is 14.7 Å². The number of carbonyl (C=O) groups is 1. The summed E-state index contributed by atoms with van der Waals surface area (Å²) in [6.45, 7) is 3.22. The Morgan fingerprint density at radius 2 is 1.72 bits per heavy atom. The number of carbonyl (C=O) groups excluding carboxylic acids is 1. The molecule has 3 rings (SSSR count). The lowest BCUT2D eigenvalue weighted by Crippen LogP contribution is -2.56. The molecule has 7 nitrogen and oxygen atoms in total. The fourth-order valence-electron chi connectivity index (χ4n) is 3.11. The van der Waals surface area contributed by atoms with E-state index in [1.165, 1.54) is 0 Å². The average Bonchev–Trinajstić information content (AvgIpc) is 2.61. The predicted molar refractivity (Wildman–Crippen MR) is 85.0 cm³/mol. The Hall–Kier alpha value is -2.10. The first kappa shape index (κ1) is 17.7. The van der Waals surface area contributed by atoms with Crippen LogP contribution in [-0.2, 0) is 6.18 Å². The second-order valence-corrected chi connectivity index (χ2v) is 6.37. The molecule has 2 aliphatic heterocycles. The van der Waals surface area contributed by atoms with Gasteiger partial charge in [-0.05, 0) is 12.8 Å². The molecule has 0 aromatic carbocycles. The lowest BCUT2D eigenvalue weighted by Gasteiger charge is -2.39. The Morgan fingerprint density at radius 3 is 2.28 bits per heavy atom. The predicted octanol–water partition coefficient (Wildman–Crippen LogP) is 1.16. The molecular formula is C15H21F3N6O. The van der Waals surface area contributed by atoms with Crippen LogP contribution in [0.3, 0.4) is 0 Å². The van der Waals surface area contributed by atoms with E-state index in [1.807, 2.05) is 0 Å². The molecule has 2 amide bonds. The van der Waals surface area contributed by atoms with Crippen molar-refractivity contribution in [3.63, 3.8) is 0 Å². The molecule has 0 spiro atoms. The number of aromatic nitrogens is 2. The van der Waals surface area contributed by atoms with Crippen molar-refractivity contribution in [2.75, 3.05) is 44.2 Å². The lowest BCUT2D eigenvalue weighted by atomic mass is 10.1. The van der Waals surface area contributed by atoms with Crippen LogP contribution >= 0.6 is 0 Å². The Bertz CT molecular complexity index is 600. The summed E-state index contributed by atoms with van der Waals surface area (Å²) in [7, 11) is 0. The molecular weight excluding hydrogens is 337 g/mol. The number of amides is 2. The van der Waals surface area contributed by atoms with Crippen molar-refractivity contribution in [3.8, 4) is 0 Å². The SMILES string of the molecule is NC1CCCN(C(=O)N2CCN(c3ncc(C(F)(F)F)cn3)CC2)C1. The molecule has 1 atom stereocenters. The molecule has 1 aromatic heterocycles. The number of halogens is 3. The van der Waals surface area contributed by atoms with Crippen LogP contribution in [0, 0.1) is 0 Å². The number of hydrogen-bond acceptors (Lipinski definition) is 5. The molecule has 25 heavy (non-hydrogen) atoms. The first-order valence-electron chi connectivity index (χ1n) is 8.28. The number of piperazine rings is 1. The number of rotatable bonds is 1. The van der Waals surface area contributed by atoms with Crippen LogP contribution in [0.4, 0.5) is 23.9 Å². The number of nitrogens with two attached hydrogens (primary N) is 1. The van der Waals surface area contributed by atoms with Crippen molar-refractivity contribution >= 4 is 12.0 Å². The van der Waals surface area contributed by atoms with Gasteiger partial charge in [-0.15, -0.1) is 0 Å². The number of alkyl halides is 3. The van der Waals surface area contributed by atoms with E-state index in [-0.39, 0.29) is 18.0 Å². The standard InChI is InChI=1S/C15H21F3N6O/c16-15(17,18)11-8-20-13(21-9-11)22-4-6-23(7-5-22)14(25)24-3-1-2-12(19)10-24/h8-9,12H,1-7,10,19H2. The van der Waals surface area contributed by atoms with E-state index < -0.39 is 11.7 Å². The summed E-state index contributed by atoms with van der Waals surface area (Å²) >= 11 is 0. The Labute approximate surface area is 143 Å². The highest BCUT2D eigenvalue weighted by Gasteiger charge is 2.32. The van der Waals surface area contributed by atoms with Gasteiger partial charge in [0.15, 0.2) is 0 Å². The van der Waals surface area contributed by atoms with Crippen molar-refractivity contribution in [1.82, 2.24) is 19.8 Å². The minimum Gasteiger partial charge on any atom is -0.337 e. The fourth-order valence-corrected chi connectivity index (χ4v) is 3.11. The van der Waals surface area contributed by atoms with Gasteiger partial charge in [0.1, 0.15) is 0 Å². The van der Waals surface area contributed by atoms with E-state index in [0.29, 0.717) is 32.7 Å². The average molecular weight is 358 g/mol. The van der Waals surface area contributed by atoms with Gasteiger partial charge in [0.05, 0.1) is 5.56 Å². The number of nitrogens with zero attached hydrogens (tertiary/aromatic N) is 5. The van der Waals surface area contributed by atoms with Crippen molar-refractivity contribution in [3.05, 3.63) is 18.0 Å². The van der Waals surface area contributed by atoms with Gasteiger partial charge in [-0.1, -0.05) is 0 Å². The van der Waals surface area contributed by atoms with Gasteiger partial charge in [0.25, 0.3) is 0 Å². The maximum Gasteiger partial charge on any atom is 0.419 e. The van der Waals surface area contributed by atoms with E-state index in [4.69, 9.17) is 5.73 Å². The second kappa shape index (κ2) is 7.03. The van der Waals surface area contributed by atoms with Crippen LogP contribution in [0.1, 0.15) is 18.4 Å². The van der Waals surface area contributed by atoms with E-state index in [2.05, 4.69) is 9.97 Å². The molecule has 0 bridgehead atoms. The Morgan fingerprint density at radius 1 is 1.08 bits per heavy atom. The zero-order valence-corrected chi connectivity index (χ0v) is 13.7. The van der Waals surface area contributed by atoms with Crippen molar-refractivity contribution in [2.45, 2.75) is 25.1 Å². The van der Waals surface area contributed by atoms with Crippen molar-refractivity contribution < 1.29 is 18.0 Å². The molecule has 3 heterocycles.